The van der Waals surface area contributed by atoms with Gasteiger partial charge in [0.1, 0.15) is 18.1 Å². The van der Waals surface area contributed by atoms with Crippen molar-refractivity contribution < 1.29 is 22.7 Å². The number of rotatable bonds is 18. The minimum atomic E-state index is -3.98. The molecule has 1 atom stereocenters. The summed E-state index contributed by atoms with van der Waals surface area (Å²) in [6.45, 7) is 0.700. The molecule has 8 rings (SSSR count). The standard InChI is InChI=1S/C50H45N3O5S/c54-49(33-51-45(40-21-11-4-12-22-40)29-30-57-42-26-27-44-43-23-13-14-24-46(43)52-47(44)32-42)41-25-28-50(58-35-38-17-7-2-8-18-38)48(31-41)53(34-37-15-5-1-6-16-37)59(55,56)36-39-19-9-3-10-20-39/h1-28,31-32,45,51-52H,29-30,33-36H2. The summed E-state index contributed by atoms with van der Waals surface area (Å²) < 4.78 is 42.9. The Morgan fingerprint density at radius 3 is 1.98 bits per heavy atom. The fraction of sp³-hybridized carbons (Fsp3) is 0.140. The zero-order valence-corrected chi connectivity index (χ0v) is 33.4. The number of benzene rings is 7. The van der Waals surface area contributed by atoms with E-state index < -0.39 is 10.0 Å². The second kappa shape index (κ2) is 18.3. The molecule has 0 bridgehead atoms. The van der Waals surface area contributed by atoms with Crippen LogP contribution in [-0.2, 0) is 28.9 Å². The number of hydrogen-bond acceptors (Lipinski definition) is 6. The van der Waals surface area contributed by atoms with E-state index in [1.165, 1.54) is 9.69 Å². The zero-order chi connectivity index (χ0) is 40.4. The van der Waals surface area contributed by atoms with Crippen LogP contribution in [0.2, 0.25) is 0 Å². The highest BCUT2D eigenvalue weighted by Crippen LogP contribution is 2.35. The van der Waals surface area contributed by atoms with E-state index in [4.69, 9.17) is 9.47 Å². The van der Waals surface area contributed by atoms with Gasteiger partial charge in [-0.3, -0.25) is 9.10 Å². The van der Waals surface area contributed by atoms with Crippen LogP contribution in [0, 0.1) is 0 Å². The first-order valence-electron chi connectivity index (χ1n) is 19.7. The number of carbonyl (C=O) groups excluding carboxylic acids is 1. The van der Waals surface area contributed by atoms with Crippen molar-refractivity contribution in [2.24, 2.45) is 0 Å². The Labute approximate surface area is 345 Å². The Kier molecular flexibility index (Phi) is 12.1. The van der Waals surface area contributed by atoms with Crippen LogP contribution >= 0.6 is 0 Å². The molecule has 7 aromatic carbocycles. The third-order valence-corrected chi connectivity index (χ3v) is 12.0. The average molecular weight is 800 g/mol. The summed E-state index contributed by atoms with van der Waals surface area (Å²) in [5.41, 5.74) is 6.16. The number of fused-ring (bicyclic) bond motifs is 3. The maximum absolute atomic E-state index is 14.5. The van der Waals surface area contributed by atoms with Crippen LogP contribution in [-0.4, -0.2) is 32.3 Å². The quantitative estimate of drug-likeness (QED) is 0.0839. The molecule has 1 heterocycles. The zero-order valence-electron chi connectivity index (χ0n) is 32.5. The number of sulfonamides is 1. The smallest absolute Gasteiger partial charge is 0.239 e. The summed E-state index contributed by atoms with van der Waals surface area (Å²) in [5, 5.41) is 5.80. The van der Waals surface area contributed by atoms with E-state index in [1.807, 2.05) is 133 Å². The number of nitrogens with zero attached hydrogens (tertiary/aromatic N) is 1. The number of aromatic nitrogens is 1. The number of aromatic amines is 1. The SMILES string of the molecule is O=C(CNC(CCOc1ccc2c(c1)[nH]c1ccccc12)c1ccccc1)c1ccc(OCc2ccccc2)c(N(Cc2ccccc2)S(=O)(=O)Cc2ccccc2)c1. The lowest BCUT2D eigenvalue weighted by Gasteiger charge is -2.27. The molecule has 0 aliphatic carbocycles. The second-order valence-corrected chi connectivity index (χ2v) is 16.4. The van der Waals surface area contributed by atoms with E-state index in [1.54, 1.807) is 30.3 Å². The first-order valence-corrected chi connectivity index (χ1v) is 21.3. The van der Waals surface area contributed by atoms with Gasteiger partial charge in [-0.05, 0) is 58.7 Å². The maximum atomic E-state index is 14.5. The van der Waals surface area contributed by atoms with Gasteiger partial charge in [0.05, 0.1) is 36.7 Å². The van der Waals surface area contributed by atoms with E-state index in [0.717, 1.165) is 38.9 Å². The highest BCUT2D eigenvalue weighted by Gasteiger charge is 2.28. The molecule has 8 aromatic rings. The van der Waals surface area contributed by atoms with Crippen LogP contribution in [0.15, 0.2) is 182 Å². The highest BCUT2D eigenvalue weighted by atomic mass is 32.2. The van der Waals surface area contributed by atoms with Crippen molar-refractivity contribution in [3.05, 3.63) is 210 Å². The third-order valence-electron chi connectivity index (χ3n) is 10.3. The molecule has 0 spiro atoms. The van der Waals surface area contributed by atoms with Crippen molar-refractivity contribution in [1.82, 2.24) is 10.3 Å². The summed E-state index contributed by atoms with van der Waals surface area (Å²) >= 11 is 0. The first-order chi connectivity index (χ1) is 28.9. The van der Waals surface area contributed by atoms with Gasteiger partial charge in [-0.15, -0.1) is 0 Å². The maximum Gasteiger partial charge on any atom is 0.239 e. The number of hydrogen-bond donors (Lipinski definition) is 2. The van der Waals surface area contributed by atoms with E-state index in [2.05, 4.69) is 28.5 Å². The van der Waals surface area contributed by atoms with E-state index in [9.17, 15) is 13.2 Å². The number of nitrogens with one attached hydrogen (secondary N) is 2. The summed E-state index contributed by atoms with van der Waals surface area (Å²) in [7, 11) is -3.98. The number of para-hydroxylation sites is 1. The lowest BCUT2D eigenvalue weighted by atomic mass is 10.0. The van der Waals surface area contributed by atoms with Gasteiger partial charge < -0.3 is 19.8 Å². The van der Waals surface area contributed by atoms with Crippen molar-refractivity contribution in [2.45, 2.75) is 31.4 Å². The average Bonchev–Trinajstić information content (AvgIpc) is 3.65. The summed E-state index contributed by atoms with van der Waals surface area (Å²) in [4.78, 5) is 17.6. The third kappa shape index (κ3) is 9.72. The number of carbonyl (C=O) groups is 1. The molecule has 0 fully saturated rings. The van der Waals surface area contributed by atoms with Gasteiger partial charge in [0.15, 0.2) is 5.78 Å². The lowest BCUT2D eigenvalue weighted by Crippen LogP contribution is -2.32. The Hall–Kier alpha value is -6.68. The van der Waals surface area contributed by atoms with Gasteiger partial charge in [-0.1, -0.05) is 140 Å². The molecule has 59 heavy (non-hydrogen) atoms. The van der Waals surface area contributed by atoms with Gasteiger partial charge in [0.25, 0.3) is 0 Å². The Balaban J connectivity index is 1.04. The molecule has 0 saturated heterocycles. The largest absolute Gasteiger partial charge is 0.493 e. The van der Waals surface area contributed by atoms with E-state index >= 15 is 0 Å². The minimum Gasteiger partial charge on any atom is -0.493 e. The number of H-pyrrole nitrogens is 1. The predicted molar refractivity (Wildman–Crippen MR) is 236 cm³/mol. The van der Waals surface area contributed by atoms with Crippen LogP contribution in [0.5, 0.6) is 11.5 Å². The Bertz CT molecular complexity index is 2740. The van der Waals surface area contributed by atoms with Gasteiger partial charge in [0, 0.05) is 40.4 Å². The van der Waals surface area contributed by atoms with Crippen molar-refractivity contribution in [3.63, 3.8) is 0 Å². The van der Waals surface area contributed by atoms with Crippen LogP contribution in [0.4, 0.5) is 5.69 Å². The van der Waals surface area contributed by atoms with E-state index in [0.29, 0.717) is 35.6 Å². The van der Waals surface area contributed by atoms with Crippen molar-refractivity contribution in [2.75, 3.05) is 17.5 Å². The van der Waals surface area contributed by atoms with Gasteiger partial charge in [0.2, 0.25) is 10.0 Å². The van der Waals surface area contributed by atoms with Crippen molar-refractivity contribution >= 4 is 43.3 Å². The van der Waals surface area contributed by atoms with Crippen LogP contribution < -0.4 is 19.1 Å². The fourth-order valence-electron chi connectivity index (χ4n) is 7.30. The van der Waals surface area contributed by atoms with Crippen LogP contribution in [0.25, 0.3) is 21.8 Å². The molecule has 0 aliphatic heterocycles. The molecule has 9 heteroatoms. The molecular formula is C50H45N3O5S. The molecule has 0 aliphatic rings. The second-order valence-electron chi connectivity index (χ2n) is 14.5. The van der Waals surface area contributed by atoms with E-state index in [-0.39, 0.29) is 37.3 Å². The van der Waals surface area contributed by atoms with Crippen LogP contribution in [0.1, 0.15) is 45.1 Å². The molecular weight excluding hydrogens is 755 g/mol. The number of ether oxygens (including phenoxy) is 2. The highest BCUT2D eigenvalue weighted by molar-refractivity contribution is 7.92. The number of ketones is 1. The molecule has 296 valence electrons. The van der Waals surface area contributed by atoms with Crippen molar-refractivity contribution in [1.29, 1.82) is 0 Å². The van der Waals surface area contributed by atoms with Crippen molar-refractivity contribution in [3.8, 4) is 11.5 Å². The predicted octanol–water partition coefficient (Wildman–Crippen LogP) is 10.4. The summed E-state index contributed by atoms with van der Waals surface area (Å²) in [6.07, 6.45) is 0.599. The summed E-state index contributed by atoms with van der Waals surface area (Å²) in [6, 6.07) is 57.4. The Morgan fingerprint density at radius 1 is 0.627 bits per heavy atom. The fourth-order valence-corrected chi connectivity index (χ4v) is 8.85. The normalized spacial score (nSPS) is 12.0. The lowest BCUT2D eigenvalue weighted by molar-refractivity contribution is 0.0985. The molecule has 1 unspecified atom stereocenters. The van der Waals surface area contributed by atoms with Crippen LogP contribution in [0.3, 0.4) is 0 Å². The first kappa shape index (κ1) is 39.2. The molecule has 0 amide bonds. The Morgan fingerprint density at radius 2 is 1.25 bits per heavy atom. The minimum absolute atomic E-state index is 0.0136. The topological polar surface area (TPSA) is 101 Å². The molecule has 1 aromatic heterocycles. The monoisotopic (exact) mass is 799 g/mol. The summed E-state index contributed by atoms with van der Waals surface area (Å²) in [5.74, 6) is 0.703. The van der Waals surface area contributed by atoms with Gasteiger partial charge in [-0.2, -0.15) is 0 Å². The number of anilines is 1. The molecule has 0 saturated carbocycles. The molecule has 0 radical (unpaired) electrons. The molecule has 8 nitrogen and oxygen atoms in total. The van der Waals surface area contributed by atoms with Gasteiger partial charge >= 0.3 is 0 Å². The molecule has 2 N–H and O–H groups in total. The number of Topliss-reactive ketones (excluding diaryl/α,β-unsaturated/α-hetero) is 1. The van der Waals surface area contributed by atoms with Gasteiger partial charge in [-0.25, -0.2) is 8.42 Å².